The van der Waals surface area contributed by atoms with Crippen LogP contribution < -0.4 is 10.1 Å². The molecule has 0 amide bonds. The highest BCUT2D eigenvalue weighted by molar-refractivity contribution is 5.82. The van der Waals surface area contributed by atoms with Gasteiger partial charge in [-0.2, -0.15) is 0 Å². The molecule has 1 N–H and O–H groups in total. The molecule has 1 aromatic carbocycles. The van der Waals surface area contributed by atoms with Crippen molar-refractivity contribution in [1.29, 1.82) is 0 Å². The fourth-order valence-electron chi connectivity index (χ4n) is 1.65. The summed E-state index contributed by atoms with van der Waals surface area (Å²) in [6.07, 6.45) is 5.22. The fourth-order valence-corrected chi connectivity index (χ4v) is 1.65. The molecule has 96 valence electrons. The first kappa shape index (κ1) is 14.1. The van der Waals surface area contributed by atoms with Crippen molar-refractivity contribution in [2.24, 2.45) is 0 Å². The van der Waals surface area contributed by atoms with E-state index in [1.165, 1.54) is 7.11 Å². The van der Waals surface area contributed by atoms with Crippen LogP contribution >= 0.6 is 0 Å². The molecule has 18 heavy (non-hydrogen) atoms. The van der Waals surface area contributed by atoms with E-state index >= 15 is 0 Å². The average Bonchev–Trinajstić information content (AvgIpc) is 2.43. The Bertz CT molecular complexity index is 447. The highest BCUT2D eigenvalue weighted by atomic mass is 16.5. The van der Waals surface area contributed by atoms with Gasteiger partial charge in [-0.3, -0.25) is 5.32 Å². The topological polar surface area (TPSA) is 47.6 Å². The van der Waals surface area contributed by atoms with Gasteiger partial charge in [-0.05, 0) is 24.6 Å². The van der Waals surface area contributed by atoms with Crippen LogP contribution in [0.15, 0.2) is 24.3 Å². The molecule has 0 aliphatic heterocycles. The molecule has 0 aromatic heterocycles. The number of carbonyl (C=O) groups excluding carboxylic acids is 1. The van der Waals surface area contributed by atoms with Crippen molar-refractivity contribution in [2.45, 2.75) is 12.5 Å². The lowest BCUT2D eigenvalue weighted by molar-refractivity contribution is -0.148. The van der Waals surface area contributed by atoms with E-state index in [9.17, 15) is 4.79 Å². The van der Waals surface area contributed by atoms with Crippen molar-refractivity contribution in [1.82, 2.24) is 5.32 Å². The highest BCUT2D eigenvalue weighted by Gasteiger charge is 2.35. The molecule has 4 heteroatoms. The number of rotatable bonds is 5. The van der Waals surface area contributed by atoms with E-state index in [4.69, 9.17) is 15.9 Å². The van der Waals surface area contributed by atoms with Crippen molar-refractivity contribution in [3.8, 4) is 18.1 Å². The summed E-state index contributed by atoms with van der Waals surface area (Å²) < 4.78 is 9.90. The first-order chi connectivity index (χ1) is 8.58. The molecular weight excluding hydrogens is 230 g/mol. The van der Waals surface area contributed by atoms with Crippen molar-refractivity contribution in [2.75, 3.05) is 20.8 Å². The van der Waals surface area contributed by atoms with Gasteiger partial charge in [-0.25, -0.2) is 4.79 Å². The number of carbonyl (C=O) groups is 1. The Morgan fingerprint density at radius 2 is 2.00 bits per heavy atom. The van der Waals surface area contributed by atoms with E-state index in [0.29, 0.717) is 0 Å². The van der Waals surface area contributed by atoms with Gasteiger partial charge in [0.05, 0.1) is 20.8 Å². The van der Waals surface area contributed by atoms with E-state index in [2.05, 4.69) is 11.2 Å². The third-order valence-electron chi connectivity index (χ3n) is 2.81. The molecule has 1 unspecified atom stereocenters. The summed E-state index contributed by atoms with van der Waals surface area (Å²) in [4.78, 5) is 11.9. The van der Waals surface area contributed by atoms with Crippen LogP contribution in [0.5, 0.6) is 5.75 Å². The van der Waals surface area contributed by atoms with Crippen LogP contribution in [0.4, 0.5) is 0 Å². The lowest BCUT2D eigenvalue weighted by atomic mass is 9.92. The minimum absolute atomic E-state index is 0.275. The predicted molar refractivity (Wildman–Crippen MR) is 69.2 cm³/mol. The van der Waals surface area contributed by atoms with Gasteiger partial charge in [-0.1, -0.05) is 18.1 Å². The second-order valence-corrected chi connectivity index (χ2v) is 3.90. The maximum Gasteiger partial charge on any atom is 0.330 e. The van der Waals surface area contributed by atoms with E-state index in [1.54, 1.807) is 38.3 Å². The van der Waals surface area contributed by atoms with Crippen LogP contribution in [0.3, 0.4) is 0 Å². The Hall–Kier alpha value is -1.99. The molecule has 0 saturated heterocycles. The molecule has 0 aliphatic rings. The molecule has 1 rings (SSSR count). The SMILES string of the molecule is C#CCNC(C)(C(=O)OC)c1ccc(OC)cc1. The molecule has 4 nitrogen and oxygen atoms in total. The minimum Gasteiger partial charge on any atom is -0.497 e. The second kappa shape index (κ2) is 6.08. The number of ether oxygens (including phenoxy) is 2. The Labute approximate surface area is 107 Å². The zero-order chi connectivity index (χ0) is 13.6. The number of esters is 1. The van der Waals surface area contributed by atoms with E-state index < -0.39 is 5.54 Å². The number of hydrogen-bond acceptors (Lipinski definition) is 4. The van der Waals surface area contributed by atoms with E-state index in [-0.39, 0.29) is 12.5 Å². The Morgan fingerprint density at radius 1 is 1.39 bits per heavy atom. The Kier molecular flexibility index (Phi) is 4.75. The summed E-state index contributed by atoms with van der Waals surface area (Å²) in [5.74, 6) is 2.79. The maximum absolute atomic E-state index is 11.9. The van der Waals surface area contributed by atoms with Crippen LogP contribution in [0, 0.1) is 12.3 Å². The normalized spacial score (nSPS) is 13.2. The van der Waals surface area contributed by atoms with Crippen LogP contribution in [0.2, 0.25) is 0 Å². The Morgan fingerprint density at radius 3 is 2.44 bits per heavy atom. The van der Waals surface area contributed by atoms with Crippen LogP contribution in [0.25, 0.3) is 0 Å². The molecule has 1 aromatic rings. The standard InChI is InChI=1S/C14H17NO3/c1-5-10-15-14(2,13(16)18-4)11-6-8-12(17-3)9-7-11/h1,6-9,15H,10H2,2-4H3. The van der Waals surface area contributed by atoms with Crippen molar-refractivity contribution in [3.05, 3.63) is 29.8 Å². The smallest absolute Gasteiger partial charge is 0.330 e. The summed E-state index contributed by atoms with van der Waals surface area (Å²) in [5.41, 5.74) is -0.196. The zero-order valence-corrected chi connectivity index (χ0v) is 10.8. The lowest BCUT2D eigenvalue weighted by Gasteiger charge is -2.27. The van der Waals surface area contributed by atoms with Gasteiger partial charge in [0, 0.05) is 0 Å². The molecule has 0 spiro atoms. The third kappa shape index (κ3) is 2.82. The zero-order valence-electron chi connectivity index (χ0n) is 10.8. The van der Waals surface area contributed by atoms with Crippen molar-refractivity contribution < 1.29 is 14.3 Å². The predicted octanol–water partition coefficient (Wildman–Crippen LogP) is 1.31. The molecule has 0 bridgehead atoms. The number of terminal acetylenes is 1. The fraction of sp³-hybridized carbons (Fsp3) is 0.357. The largest absolute Gasteiger partial charge is 0.497 e. The molecule has 0 fully saturated rings. The van der Waals surface area contributed by atoms with Crippen molar-refractivity contribution in [3.63, 3.8) is 0 Å². The van der Waals surface area contributed by atoms with Crippen molar-refractivity contribution >= 4 is 5.97 Å². The maximum atomic E-state index is 11.9. The van der Waals surface area contributed by atoms with Gasteiger partial charge in [-0.15, -0.1) is 6.42 Å². The summed E-state index contributed by atoms with van der Waals surface area (Å²) in [5, 5.41) is 3.00. The molecular formula is C14H17NO3. The van der Waals surface area contributed by atoms with Gasteiger partial charge >= 0.3 is 5.97 Å². The van der Waals surface area contributed by atoms with Crippen LogP contribution in [0.1, 0.15) is 12.5 Å². The molecule has 0 radical (unpaired) electrons. The average molecular weight is 247 g/mol. The number of nitrogens with one attached hydrogen (secondary N) is 1. The van der Waals surface area contributed by atoms with Gasteiger partial charge in [0.15, 0.2) is 0 Å². The second-order valence-electron chi connectivity index (χ2n) is 3.90. The van der Waals surface area contributed by atoms with E-state index in [0.717, 1.165) is 11.3 Å². The minimum atomic E-state index is -0.965. The number of methoxy groups -OCH3 is 2. The molecule has 0 heterocycles. The van der Waals surface area contributed by atoms with Gasteiger partial charge in [0.1, 0.15) is 11.3 Å². The Balaban J connectivity index is 3.08. The monoisotopic (exact) mass is 247 g/mol. The lowest BCUT2D eigenvalue weighted by Crippen LogP contribution is -2.47. The van der Waals surface area contributed by atoms with Gasteiger partial charge in [0.2, 0.25) is 0 Å². The molecule has 0 aliphatic carbocycles. The first-order valence-corrected chi connectivity index (χ1v) is 5.50. The summed E-state index contributed by atoms with van der Waals surface area (Å²) in [6, 6.07) is 7.18. The van der Waals surface area contributed by atoms with Crippen LogP contribution in [-0.2, 0) is 15.1 Å². The summed E-state index contributed by atoms with van der Waals surface area (Å²) in [6.45, 7) is 2.01. The van der Waals surface area contributed by atoms with Gasteiger partial charge in [0.25, 0.3) is 0 Å². The highest BCUT2D eigenvalue weighted by Crippen LogP contribution is 2.24. The molecule has 0 saturated carbocycles. The molecule has 1 atom stereocenters. The quantitative estimate of drug-likeness (QED) is 0.629. The van der Waals surface area contributed by atoms with E-state index in [1.807, 2.05) is 0 Å². The number of benzene rings is 1. The number of hydrogen-bond donors (Lipinski definition) is 1. The summed E-state index contributed by atoms with van der Waals surface area (Å²) >= 11 is 0. The summed E-state index contributed by atoms with van der Waals surface area (Å²) in [7, 11) is 2.94. The van der Waals surface area contributed by atoms with Crippen LogP contribution in [-0.4, -0.2) is 26.7 Å². The van der Waals surface area contributed by atoms with Gasteiger partial charge < -0.3 is 9.47 Å². The third-order valence-corrected chi connectivity index (χ3v) is 2.81. The first-order valence-electron chi connectivity index (χ1n) is 5.50.